The van der Waals surface area contributed by atoms with E-state index in [1.165, 1.54) is 20.2 Å². The van der Waals surface area contributed by atoms with Crippen LogP contribution < -0.4 is 4.90 Å². The van der Waals surface area contributed by atoms with Gasteiger partial charge in [-0.1, -0.05) is 60.7 Å². The highest BCUT2D eigenvalue weighted by Crippen LogP contribution is 2.34. The Morgan fingerprint density at radius 3 is 1.58 bits per heavy atom. The number of thiophene rings is 2. The van der Waals surface area contributed by atoms with Gasteiger partial charge in [-0.25, -0.2) is 0 Å². The third kappa shape index (κ3) is 5.40. The van der Waals surface area contributed by atoms with Gasteiger partial charge in [0.2, 0.25) is 0 Å². The molecule has 2 heterocycles. The van der Waals surface area contributed by atoms with Crippen molar-refractivity contribution >= 4 is 64.0 Å². The number of nitrogens with zero attached hydrogens (tertiary/aromatic N) is 1. The Balaban J connectivity index is 1.33. The zero-order valence-electron chi connectivity index (χ0n) is 18.0. The topological polar surface area (TPSA) is 3.24 Å². The van der Waals surface area contributed by atoms with E-state index < -0.39 is 0 Å². The van der Waals surface area contributed by atoms with Crippen molar-refractivity contribution in [2.75, 3.05) is 4.90 Å². The minimum Gasteiger partial charge on any atom is -0.311 e. The second kappa shape index (κ2) is 10.3. The largest absolute Gasteiger partial charge is 0.311 e. The van der Waals surface area contributed by atoms with Crippen LogP contribution in [0.25, 0.3) is 24.3 Å². The maximum atomic E-state index is 2.28. The zero-order valence-corrected chi connectivity index (χ0v) is 19.7. The van der Waals surface area contributed by atoms with Crippen LogP contribution in [0, 0.1) is 0 Å². The maximum absolute atomic E-state index is 2.28. The molecule has 5 aromatic rings. The van der Waals surface area contributed by atoms with E-state index in [1.54, 1.807) is 22.7 Å². The molecule has 0 aliphatic heterocycles. The van der Waals surface area contributed by atoms with Gasteiger partial charge in [0.05, 0.1) is 0 Å². The minimum atomic E-state index is 1.14. The molecule has 0 N–H and O–H groups in total. The molecule has 0 saturated heterocycles. The van der Waals surface area contributed by atoms with Gasteiger partial charge in [-0.05, 0) is 83.8 Å². The molecule has 1 nitrogen and oxygen atoms in total. The first-order valence-corrected chi connectivity index (χ1v) is 12.5. The average molecular weight is 462 g/mol. The summed E-state index contributed by atoms with van der Waals surface area (Å²) in [6, 6.07) is 38.3. The van der Waals surface area contributed by atoms with Crippen LogP contribution in [0.4, 0.5) is 17.1 Å². The van der Waals surface area contributed by atoms with E-state index in [4.69, 9.17) is 0 Å². The molecule has 0 atom stereocenters. The first kappa shape index (κ1) is 21.2. The quantitative estimate of drug-likeness (QED) is 0.233. The van der Waals surface area contributed by atoms with Gasteiger partial charge in [-0.3, -0.25) is 0 Å². The molecule has 0 aliphatic rings. The van der Waals surface area contributed by atoms with Crippen LogP contribution in [-0.4, -0.2) is 0 Å². The molecule has 0 saturated carbocycles. The molecule has 3 aromatic carbocycles. The fraction of sp³-hybridized carbons (Fsp3) is 0. The van der Waals surface area contributed by atoms with Gasteiger partial charge in [0, 0.05) is 31.7 Å². The van der Waals surface area contributed by atoms with Crippen LogP contribution >= 0.6 is 22.7 Å². The number of rotatable bonds is 7. The first-order valence-electron chi connectivity index (χ1n) is 10.8. The summed E-state index contributed by atoms with van der Waals surface area (Å²) in [5.74, 6) is 0. The van der Waals surface area contributed by atoms with E-state index in [2.05, 4.69) is 144 Å². The third-order valence-corrected chi connectivity index (χ3v) is 7.08. The van der Waals surface area contributed by atoms with Crippen LogP contribution in [0.5, 0.6) is 0 Å². The summed E-state index contributed by atoms with van der Waals surface area (Å²) in [6.07, 6.45) is 8.73. The van der Waals surface area contributed by atoms with Crippen molar-refractivity contribution in [2.24, 2.45) is 0 Å². The molecule has 0 radical (unpaired) electrons. The lowest BCUT2D eigenvalue weighted by atomic mass is 10.1. The number of hydrogen-bond donors (Lipinski definition) is 0. The Labute approximate surface area is 203 Å². The zero-order chi connectivity index (χ0) is 22.3. The van der Waals surface area contributed by atoms with Crippen molar-refractivity contribution in [3.63, 3.8) is 0 Å². The molecule has 0 bridgehead atoms. The summed E-state index contributed by atoms with van der Waals surface area (Å²) in [5, 5.41) is 2.10. The minimum absolute atomic E-state index is 1.14. The number of benzene rings is 3. The van der Waals surface area contributed by atoms with Crippen molar-refractivity contribution in [3.8, 4) is 0 Å². The standard InChI is InChI=1S/C30H23NS2/c1-3-8-25(9-4-1)31(26-10-5-2-6-11-26)27-16-13-24(14-17-27)15-18-29-21-22-30(33-29)20-19-28-12-7-23-32-28/h1-23H/b18-15+,20-19+. The number of para-hydroxylation sites is 2. The lowest BCUT2D eigenvalue weighted by Crippen LogP contribution is -2.09. The molecule has 0 amide bonds. The van der Waals surface area contributed by atoms with Gasteiger partial charge in [0.15, 0.2) is 0 Å². The second-order valence-corrected chi connectivity index (χ2v) is 9.65. The molecular weight excluding hydrogens is 438 g/mol. The maximum Gasteiger partial charge on any atom is 0.0462 e. The Bertz CT molecular complexity index is 1290. The van der Waals surface area contributed by atoms with Gasteiger partial charge in [0.25, 0.3) is 0 Å². The average Bonchev–Trinajstić information content (AvgIpc) is 3.56. The lowest BCUT2D eigenvalue weighted by Gasteiger charge is -2.25. The molecule has 0 fully saturated rings. The third-order valence-electron chi connectivity index (χ3n) is 5.22. The van der Waals surface area contributed by atoms with Crippen LogP contribution in [0.3, 0.4) is 0 Å². The molecule has 0 unspecified atom stereocenters. The van der Waals surface area contributed by atoms with E-state index in [9.17, 15) is 0 Å². The summed E-state index contributed by atoms with van der Waals surface area (Å²) in [6.45, 7) is 0. The van der Waals surface area contributed by atoms with Gasteiger partial charge in [-0.15, -0.1) is 22.7 Å². The monoisotopic (exact) mass is 461 g/mol. The summed E-state index contributed by atoms with van der Waals surface area (Å²) < 4.78 is 0. The Kier molecular flexibility index (Phi) is 6.62. The highest BCUT2D eigenvalue weighted by Gasteiger charge is 2.11. The fourth-order valence-electron chi connectivity index (χ4n) is 3.61. The molecule has 3 heteroatoms. The first-order chi connectivity index (χ1) is 16.3. The molecule has 160 valence electrons. The number of hydrogen-bond acceptors (Lipinski definition) is 3. The van der Waals surface area contributed by atoms with Crippen LogP contribution in [-0.2, 0) is 0 Å². The normalized spacial score (nSPS) is 11.4. The molecule has 2 aromatic heterocycles. The van der Waals surface area contributed by atoms with E-state index in [0.29, 0.717) is 0 Å². The Hall–Kier alpha value is -3.66. The predicted octanol–water partition coefficient (Wildman–Crippen LogP) is 9.62. The Morgan fingerprint density at radius 2 is 1.00 bits per heavy atom. The lowest BCUT2D eigenvalue weighted by molar-refractivity contribution is 1.28. The number of anilines is 3. The van der Waals surface area contributed by atoms with Gasteiger partial charge in [-0.2, -0.15) is 0 Å². The molecule has 33 heavy (non-hydrogen) atoms. The smallest absolute Gasteiger partial charge is 0.0462 e. The van der Waals surface area contributed by atoms with E-state index in [-0.39, 0.29) is 0 Å². The van der Waals surface area contributed by atoms with Gasteiger partial charge in [0.1, 0.15) is 0 Å². The second-order valence-electron chi connectivity index (χ2n) is 7.52. The Morgan fingerprint density at radius 1 is 0.455 bits per heavy atom. The van der Waals surface area contributed by atoms with Crippen LogP contribution in [0.1, 0.15) is 20.2 Å². The van der Waals surface area contributed by atoms with Gasteiger partial charge < -0.3 is 4.90 Å². The van der Waals surface area contributed by atoms with Gasteiger partial charge >= 0.3 is 0 Å². The summed E-state index contributed by atoms with van der Waals surface area (Å²) in [7, 11) is 0. The highest BCUT2D eigenvalue weighted by atomic mass is 32.1. The molecule has 0 spiro atoms. The summed E-state index contributed by atoms with van der Waals surface area (Å²) in [5.41, 5.74) is 4.62. The van der Waals surface area contributed by atoms with Crippen LogP contribution in [0.15, 0.2) is 115 Å². The molecular formula is C30H23NS2. The predicted molar refractivity (Wildman–Crippen MR) is 148 cm³/mol. The SMILES string of the molecule is C(=C\c1ccc(/C=C/c2cccs2)s1)/c1ccc(N(c2ccccc2)c2ccccc2)cc1. The van der Waals surface area contributed by atoms with E-state index in [0.717, 1.165) is 17.1 Å². The van der Waals surface area contributed by atoms with Crippen molar-refractivity contribution in [2.45, 2.75) is 0 Å². The summed E-state index contributed by atoms with van der Waals surface area (Å²) in [4.78, 5) is 6.07. The van der Waals surface area contributed by atoms with Crippen LogP contribution in [0.2, 0.25) is 0 Å². The summed E-state index contributed by atoms with van der Waals surface area (Å²) >= 11 is 3.56. The van der Waals surface area contributed by atoms with Crippen molar-refractivity contribution in [3.05, 3.63) is 135 Å². The highest BCUT2D eigenvalue weighted by molar-refractivity contribution is 7.14. The van der Waals surface area contributed by atoms with E-state index in [1.807, 2.05) is 0 Å². The van der Waals surface area contributed by atoms with E-state index >= 15 is 0 Å². The van der Waals surface area contributed by atoms with Crippen molar-refractivity contribution in [1.82, 2.24) is 0 Å². The fourth-order valence-corrected chi connectivity index (χ4v) is 5.05. The van der Waals surface area contributed by atoms with Crippen molar-refractivity contribution < 1.29 is 0 Å². The molecule has 5 rings (SSSR count). The van der Waals surface area contributed by atoms with Crippen molar-refractivity contribution in [1.29, 1.82) is 0 Å². The molecule has 0 aliphatic carbocycles.